The van der Waals surface area contributed by atoms with Crippen molar-refractivity contribution in [1.82, 2.24) is 0 Å². The zero-order valence-electron chi connectivity index (χ0n) is 48.3. The zero-order chi connectivity index (χ0) is 53.6. The molecule has 0 aliphatic heterocycles. The molecule has 0 fully saturated rings. The maximum atomic E-state index is 12.9. The van der Waals surface area contributed by atoms with Crippen molar-refractivity contribution < 1.29 is 28.6 Å². The Morgan fingerprint density at radius 3 is 0.851 bits per heavy atom. The van der Waals surface area contributed by atoms with Gasteiger partial charge in [-0.1, -0.05) is 246 Å². The lowest BCUT2D eigenvalue weighted by Crippen LogP contribution is -2.30. The second kappa shape index (κ2) is 61.6. The van der Waals surface area contributed by atoms with E-state index in [1.807, 2.05) is 0 Å². The molecule has 0 amide bonds. The van der Waals surface area contributed by atoms with E-state index in [0.29, 0.717) is 12.8 Å². The molecule has 74 heavy (non-hydrogen) atoms. The second-order valence-electron chi connectivity index (χ2n) is 20.2. The average molecular weight is 1030 g/mol. The first-order valence-electron chi connectivity index (χ1n) is 30.9. The fourth-order valence-corrected chi connectivity index (χ4v) is 8.35. The highest BCUT2D eigenvalue weighted by atomic mass is 16.6. The summed E-state index contributed by atoms with van der Waals surface area (Å²) in [5.74, 6) is -0.943. The van der Waals surface area contributed by atoms with E-state index >= 15 is 0 Å². The number of rotatable bonds is 55. The molecule has 0 N–H and O–H groups in total. The van der Waals surface area contributed by atoms with Crippen LogP contribution in [0, 0.1) is 0 Å². The standard InChI is InChI=1S/C68H114O6/c1-4-7-10-13-16-19-22-25-28-30-32-33-34-35-37-38-40-43-46-49-52-55-58-61-67(70)73-64-65(63-72-66(69)60-57-54-51-48-45-42-27-24-21-18-15-12-9-6-3)74-68(71)62-59-56-53-50-47-44-41-39-36-31-29-26-23-20-17-14-11-8-5-2/h8,11,17,20,22,24-27,29-30,32,34-36,39,44,47,65H,4-7,9-10,12-16,18-19,21,23,28,31,33,37-38,40-43,45-46,48-64H2,1-3H3/b11-8-,20-17-,25-22-,27-24-,29-26-,32-30-,35-34-,39-36-,47-44-. The van der Waals surface area contributed by atoms with Crippen LogP contribution in [0.3, 0.4) is 0 Å². The quantitative estimate of drug-likeness (QED) is 0.0261. The van der Waals surface area contributed by atoms with Gasteiger partial charge in [-0.25, -0.2) is 0 Å². The van der Waals surface area contributed by atoms with Gasteiger partial charge in [0, 0.05) is 19.3 Å². The Balaban J connectivity index is 4.44. The van der Waals surface area contributed by atoms with Gasteiger partial charge >= 0.3 is 17.9 Å². The molecule has 422 valence electrons. The number of hydrogen-bond acceptors (Lipinski definition) is 6. The van der Waals surface area contributed by atoms with E-state index < -0.39 is 6.10 Å². The summed E-state index contributed by atoms with van der Waals surface area (Å²) in [6.07, 6.45) is 83.7. The number of unbranched alkanes of at least 4 members (excludes halogenated alkanes) is 26. The predicted octanol–water partition coefficient (Wildman–Crippen LogP) is 21.0. The summed E-state index contributed by atoms with van der Waals surface area (Å²) in [5, 5.41) is 0. The van der Waals surface area contributed by atoms with Crippen LogP contribution in [0.25, 0.3) is 0 Å². The van der Waals surface area contributed by atoms with Crippen LogP contribution in [0.1, 0.15) is 284 Å². The highest BCUT2D eigenvalue weighted by Gasteiger charge is 2.19. The summed E-state index contributed by atoms with van der Waals surface area (Å²) in [7, 11) is 0. The van der Waals surface area contributed by atoms with Gasteiger partial charge < -0.3 is 14.2 Å². The Labute approximate surface area is 457 Å². The topological polar surface area (TPSA) is 78.9 Å². The van der Waals surface area contributed by atoms with Gasteiger partial charge in [0.05, 0.1) is 0 Å². The first kappa shape index (κ1) is 70.1. The SMILES string of the molecule is CC/C=C\C/C=C\C/C=C\C/C=C\C/C=C\CCCCCC(=O)OC(COC(=O)CCCCCCC/C=C\CCCCCCC)COC(=O)CCCCCCCCCC/C=C\C/C=C\C/C=C\CCCCCCC. The van der Waals surface area contributed by atoms with E-state index in [2.05, 4.69) is 130 Å². The maximum Gasteiger partial charge on any atom is 0.306 e. The van der Waals surface area contributed by atoms with E-state index in [0.717, 1.165) is 128 Å². The third-order valence-corrected chi connectivity index (χ3v) is 13.0. The molecule has 6 nitrogen and oxygen atoms in total. The zero-order valence-corrected chi connectivity index (χ0v) is 48.3. The van der Waals surface area contributed by atoms with E-state index in [9.17, 15) is 14.4 Å². The van der Waals surface area contributed by atoms with Crippen LogP contribution in [0.2, 0.25) is 0 Å². The van der Waals surface area contributed by atoms with Crippen molar-refractivity contribution >= 4 is 17.9 Å². The van der Waals surface area contributed by atoms with Crippen LogP contribution in [0.15, 0.2) is 109 Å². The number of hydrogen-bond donors (Lipinski definition) is 0. The smallest absolute Gasteiger partial charge is 0.306 e. The van der Waals surface area contributed by atoms with Crippen molar-refractivity contribution in [3.05, 3.63) is 109 Å². The fraction of sp³-hybridized carbons (Fsp3) is 0.691. The van der Waals surface area contributed by atoms with Gasteiger partial charge in [-0.05, 0) is 128 Å². The minimum absolute atomic E-state index is 0.0991. The predicted molar refractivity (Wildman–Crippen MR) is 320 cm³/mol. The van der Waals surface area contributed by atoms with Crippen molar-refractivity contribution in [1.29, 1.82) is 0 Å². The molecule has 0 aromatic carbocycles. The minimum atomic E-state index is -0.805. The Hall–Kier alpha value is -3.93. The van der Waals surface area contributed by atoms with Gasteiger partial charge in [-0.3, -0.25) is 14.4 Å². The normalized spacial score (nSPS) is 12.9. The first-order chi connectivity index (χ1) is 36.5. The molecule has 0 aliphatic rings. The van der Waals surface area contributed by atoms with Gasteiger partial charge in [0.15, 0.2) is 6.10 Å². The second-order valence-corrected chi connectivity index (χ2v) is 20.2. The molecule has 0 bridgehead atoms. The summed E-state index contributed by atoms with van der Waals surface area (Å²) in [6, 6.07) is 0. The van der Waals surface area contributed by atoms with Crippen molar-refractivity contribution in [3.8, 4) is 0 Å². The summed E-state index contributed by atoms with van der Waals surface area (Å²) in [5.41, 5.74) is 0. The Bertz CT molecular complexity index is 1510. The molecule has 6 heteroatoms. The van der Waals surface area contributed by atoms with E-state index in [1.54, 1.807) is 0 Å². The van der Waals surface area contributed by atoms with Crippen LogP contribution >= 0.6 is 0 Å². The molecule has 1 unspecified atom stereocenters. The van der Waals surface area contributed by atoms with E-state index in [1.165, 1.54) is 116 Å². The molecular weight excluding hydrogens is 913 g/mol. The molecule has 0 rings (SSSR count). The Morgan fingerprint density at radius 2 is 0.527 bits per heavy atom. The lowest BCUT2D eigenvalue weighted by Gasteiger charge is -2.18. The minimum Gasteiger partial charge on any atom is -0.462 e. The maximum absolute atomic E-state index is 12.9. The molecule has 0 aromatic rings. The highest BCUT2D eigenvalue weighted by molar-refractivity contribution is 5.71. The van der Waals surface area contributed by atoms with Gasteiger partial charge in [0.1, 0.15) is 13.2 Å². The largest absolute Gasteiger partial charge is 0.462 e. The lowest BCUT2D eigenvalue weighted by molar-refractivity contribution is -0.167. The third kappa shape index (κ3) is 59.0. The van der Waals surface area contributed by atoms with Crippen molar-refractivity contribution in [2.45, 2.75) is 290 Å². The van der Waals surface area contributed by atoms with Crippen LogP contribution in [-0.2, 0) is 28.6 Å². The molecule has 0 heterocycles. The monoisotopic (exact) mass is 1030 g/mol. The number of carbonyl (C=O) groups is 3. The van der Waals surface area contributed by atoms with Crippen molar-refractivity contribution in [3.63, 3.8) is 0 Å². The molecule has 0 spiro atoms. The van der Waals surface area contributed by atoms with Crippen molar-refractivity contribution in [2.75, 3.05) is 13.2 Å². The van der Waals surface area contributed by atoms with Gasteiger partial charge in [-0.15, -0.1) is 0 Å². The first-order valence-corrected chi connectivity index (χ1v) is 30.9. The van der Waals surface area contributed by atoms with Gasteiger partial charge in [-0.2, -0.15) is 0 Å². The van der Waals surface area contributed by atoms with Crippen LogP contribution in [0.4, 0.5) is 0 Å². The van der Waals surface area contributed by atoms with Crippen LogP contribution in [0.5, 0.6) is 0 Å². The number of esters is 3. The number of ether oxygens (including phenoxy) is 3. The summed E-state index contributed by atoms with van der Waals surface area (Å²) in [6.45, 7) is 6.48. The molecule has 0 saturated heterocycles. The van der Waals surface area contributed by atoms with Crippen LogP contribution in [-0.4, -0.2) is 37.2 Å². The average Bonchev–Trinajstić information content (AvgIpc) is 3.40. The summed E-state index contributed by atoms with van der Waals surface area (Å²) < 4.78 is 16.9. The Kier molecular flexibility index (Phi) is 58.3. The molecule has 0 saturated carbocycles. The molecule has 0 radical (unpaired) electrons. The van der Waals surface area contributed by atoms with E-state index in [-0.39, 0.29) is 37.5 Å². The highest BCUT2D eigenvalue weighted by Crippen LogP contribution is 2.14. The molecule has 0 aliphatic carbocycles. The molecular formula is C68H114O6. The number of allylic oxidation sites excluding steroid dienone is 18. The van der Waals surface area contributed by atoms with Crippen molar-refractivity contribution in [2.24, 2.45) is 0 Å². The van der Waals surface area contributed by atoms with Gasteiger partial charge in [0.2, 0.25) is 0 Å². The summed E-state index contributed by atoms with van der Waals surface area (Å²) in [4.78, 5) is 38.3. The lowest BCUT2D eigenvalue weighted by atomic mass is 10.1. The van der Waals surface area contributed by atoms with Crippen LogP contribution < -0.4 is 0 Å². The molecule has 1 atom stereocenters. The Morgan fingerprint density at radius 1 is 0.284 bits per heavy atom. The third-order valence-electron chi connectivity index (χ3n) is 13.0. The van der Waals surface area contributed by atoms with E-state index in [4.69, 9.17) is 14.2 Å². The fourth-order valence-electron chi connectivity index (χ4n) is 8.35. The summed E-state index contributed by atoms with van der Waals surface area (Å²) >= 11 is 0. The van der Waals surface area contributed by atoms with Gasteiger partial charge in [0.25, 0.3) is 0 Å². The molecule has 0 aromatic heterocycles. The number of carbonyl (C=O) groups excluding carboxylic acids is 3.